The number of ether oxygens (including phenoxy) is 1. The van der Waals surface area contributed by atoms with Gasteiger partial charge < -0.3 is 19.7 Å². The molecule has 0 aliphatic carbocycles. The summed E-state index contributed by atoms with van der Waals surface area (Å²) in [7, 11) is 0. The first kappa shape index (κ1) is 19.9. The maximum absolute atomic E-state index is 12.3. The highest BCUT2D eigenvalue weighted by Crippen LogP contribution is 2.13. The Bertz CT molecular complexity index is 595. The summed E-state index contributed by atoms with van der Waals surface area (Å²) in [6.07, 6.45) is 3.22. The second kappa shape index (κ2) is 10.6. The molecule has 1 aromatic carbocycles. The predicted octanol–water partition coefficient (Wildman–Crippen LogP) is 2.32. The van der Waals surface area contributed by atoms with Crippen molar-refractivity contribution < 1.29 is 19.1 Å². The van der Waals surface area contributed by atoms with Crippen LogP contribution in [0.5, 0.6) is 5.75 Å². The van der Waals surface area contributed by atoms with Crippen molar-refractivity contribution in [3.05, 3.63) is 30.3 Å². The largest absolute Gasteiger partial charge is 0.494 e. The maximum Gasteiger partial charge on any atom is 0.222 e. The quantitative estimate of drug-likeness (QED) is 0.686. The van der Waals surface area contributed by atoms with Gasteiger partial charge in [0.15, 0.2) is 0 Å². The Morgan fingerprint density at radius 2 is 1.77 bits per heavy atom. The fourth-order valence-corrected chi connectivity index (χ4v) is 2.95. The summed E-state index contributed by atoms with van der Waals surface area (Å²) in [6, 6.07) is 9.67. The monoisotopic (exact) mass is 360 g/mol. The SMILES string of the molecule is CC(=O)CCC(=O)NC1CCN(C(=O)CCCOc2ccccc2)CC1. The molecule has 142 valence electrons. The number of nitrogens with one attached hydrogen (secondary N) is 1. The van der Waals surface area contributed by atoms with E-state index in [1.165, 1.54) is 6.92 Å². The fourth-order valence-electron chi connectivity index (χ4n) is 2.95. The fraction of sp³-hybridized carbons (Fsp3) is 0.550. The molecule has 0 saturated carbocycles. The van der Waals surface area contributed by atoms with E-state index in [1.54, 1.807) is 0 Å². The average Bonchev–Trinajstić information content (AvgIpc) is 2.65. The molecule has 0 radical (unpaired) electrons. The summed E-state index contributed by atoms with van der Waals surface area (Å²) in [5, 5.41) is 2.96. The van der Waals surface area contributed by atoms with E-state index in [2.05, 4.69) is 5.32 Å². The molecule has 0 bridgehead atoms. The molecule has 2 rings (SSSR count). The topological polar surface area (TPSA) is 75.7 Å². The Morgan fingerprint density at radius 1 is 1.08 bits per heavy atom. The molecular formula is C20H28N2O4. The Kier molecular flexibility index (Phi) is 8.12. The lowest BCUT2D eigenvalue weighted by atomic mass is 10.0. The van der Waals surface area contributed by atoms with Gasteiger partial charge in [-0.05, 0) is 38.3 Å². The van der Waals surface area contributed by atoms with Crippen molar-refractivity contribution in [3.8, 4) is 5.75 Å². The highest BCUT2D eigenvalue weighted by Gasteiger charge is 2.23. The van der Waals surface area contributed by atoms with Crippen LogP contribution in [0.3, 0.4) is 0 Å². The molecule has 6 heteroatoms. The summed E-state index contributed by atoms with van der Waals surface area (Å²) in [5.41, 5.74) is 0. The van der Waals surface area contributed by atoms with Crippen LogP contribution in [0.2, 0.25) is 0 Å². The van der Waals surface area contributed by atoms with E-state index in [1.807, 2.05) is 35.2 Å². The molecule has 0 unspecified atom stereocenters. The van der Waals surface area contributed by atoms with E-state index in [0.29, 0.717) is 32.5 Å². The molecule has 1 fully saturated rings. The van der Waals surface area contributed by atoms with Crippen molar-refractivity contribution in [1.29, 1.82) is 0 Å². The van der Waals surface area contributed by atoms with E-state index >= 15 is 0 Å². The number of para-hydroxylation sites is 1. The minimum absolute atomic E-state index is 0.0248. The minimum atomic E-state index is -0.0805. The number of piperidine rings is 1. The number of benzene rings is 1. The maximum atomic E-state index is 12.3. The average molecular weight is 360 g/mol. The lowest BCUT2D eigenvalue weighted by Gasteiger charge is -2.32. The van der Waals surface area contributed by atoms with Crippen LogP contribution in [-0.2, 0) is 14.4 Å². The molecule has 6 nitrogen and oxygen atoms in total. The van der Waals surface area contributed by atoms with Crippen molar-refractivity contribution in [2.24, 2.45) is 0 Å². The van der Waals surface area contributed by atoms with E-state index < -0.39 is 0 Å². The van der Waals surface area contributed by atoms with Crippen molar-refractivity contribution in [2.75, 3.05) is 19.7 Å². The molecule has 1 aromatic rings. The summed E-state index contributed by atoms with van der Waals surface area (Å²) in [6.45, 7) is 3.34. The zero-order chi connectivity index (χ0) is 18.8. The highest BCUT2D eigenvalue weighted by molar-refractivity contribution is 5.83. The number of ketones is 1. The zero-order valence-corrected chi connectivity index (χ0v) is 15.4. The third-order valence-electron chi connectivity index (χ3n) is 4.46. The van der Waals surface area contributed by atoms with Gasteiger partial charge in [-0.3, -0.25) is 9.59 Å². The summed E-state index contributed by atoms with van der Waals surface area (Å²) < 4.78 is 5.60. The van der Waals surface area contributed by atoms with Gasteiger partial charge in [-0.15, -0.1) is 0 Å². The van der Waals surface area contributed by atoms with E-state index in [-0.39, 0.29) is 36.5 Å². The van der Waals surface area contributed by atoms with Crippen LogP contribution in [0.1, 0.15) is 45.4 Å². The van der Waals surface area contributed by atoms with Crippen LogP contribution in [0, 0.1) is 0 Å². The number of nitrogens with zero attached hydrogens (tertiary/aromatic N) is 1. The van der Waals surface area contributed by atoms with Gasteiger partial charge in [0.05, 0.1) is 6.61 Å². The van der Waals surface area contributed by atoms with Gasteiger partial charge in [-0.25, -0.2) is 0 Å². The van der Waals surface area contributed by atoms with Gasteiger partial charge in [-0.1, -0.05) is 18.2 Å². The second-order valence-corrected chi connectivity index (χ2v) is 6.69. The third-order valence-corrected chi connectivity index (χ3v) is 4.46. The summed E-state index contributed by atoms with van der Waals surface area (Å²) in [4.78, 5) is 36.8. The van der Waals surface area contributed by atoms with Crippen molar-refractivity contribution in [1.82, 2.24) is 10.2 Å². The second-order valence-electron chi connectivity index (χ2n) is 6.69. The first-order chi connectivity index (χ1) is 12.5. The van der Waals surface area contributed by atoms with E-state index in [9.17, 15) is 14.4 Å². The van der Waals surface area contributed by atoms with Gasteiger partial charge >= 0.3 is 0 Å². The van der Waals surface area contributed by atoms with Crippen molar-refractivity contribution in [2.45, 2.75) is 51.5 Å². The normalized spacial score (nSPS) is 14.7. The first-order valence-corrected chi connectivity index (χ1v) is 9.29. The lowest BCUT2D eigenvalue weighted by Crippen LogP contribution is -2.46. The Morgan fingerprint density at radius 3 is 2.42 bits per heavy atom. The van der Waals surface area contributed by atoms with Crippen LogP contribution in [0.25, 0.3) is 0 Å². The van der Waals surface area contributed by atoms with E-state index in [0.717, 1.165) is 18.6 Å². The van der Waals surface area contributed by atoms with Gasteiger partial charge in [-0.2, -0.15) is 0 Å². The van der Waals surface area contributed by atoms with Crippen LogP contribution in [-0.4, -0.2) is 48.2 Å². The number of amides is 2. The van der Waals surface area contributed by atoms with Crippen LogP contribution >= 0.6 is 0 Å². The molecule has 0 atom stereocenters. The van der Waals surface area contributed by atoms with Gasteiger partial charge in [0.2, 0.25) is 11.8 Å². The Hall–Kier alpha value is -2.37. The van der Waals surface area contributed by atoms with Crippen molar-refractivity contribution >= 4 is 17.6 Å². The number of carbonyl (C=O) groups excluding carboxylic acids is 3. The molecule has 1 aliphatic heterocycles. The molecule has 0 spiro atoms. The van der Waals surface area contributed by atoms with Gasteiger partial charge in [0.1, 0.15) is 11.5 Å². The number of rotatable bonds is 9. The predicted molar refractivity (Wildman–Crippen MR) is 98.8 cm³/mol. The molecule has 0 aromatic heterocycles. The zero-order valence-electron chi connectivity index (χ0n) is 15.4. The minimum Gasteiger partial charge on any atom is -0.494 e. The number of hydrogen-bond acceptors (Lipinski definition) is 4. The van der Waals surface area contributed by atoms with Crippen LogP contribution in [0.4, 0.5) is 0 Å². The lowest BCUT2D eigenvalue weighted by molar-refractivity contribution is -0.132. The number of Topliss-reactive ketones (excluding diaryl/α,β-unsaturated/α-hetero) is 1. The van der Waals surface area contributed by atoms with Gasteiger partial charge in [0, 0.05) is 38.4 Å². The summed E-state index contributed by atoms with van der Waals surface area (Å²) in [5.74, 6) is 0.907. The molecule has 26 heavy (non-hydrogen) atoms. The standard InChI is InChI=1S/C20H28N2O4/c1-16(23)9-10-19(24)21-17-11-13-22(14-12-17)20(25)8-5-15-26-18-6-3-2-4-7-18/h2-4,6-7,17H,5,8-15H2,1H3,(H,21,24). The molecule has 2 amide bonds. The number of hydrogen-bond donors (Lipinski definition) is 1. The highest BCUT2D eigenvalue weighted by atomic mass is 16.5. The first-order valence-electron chi connectivity index (χ1n) is 9.29. The number of carbonyl (C=O) groups is 3. The number of likely N-dealkylation sites (tertiary alicyclic amines) is 1. The molecular weight excluding hydrogens is 332 g/mol. The van der Waals surface area contributed by atoms with Crippen LogP contribution < -0.4 is 10.1 Å². The Labute approximate surface area is 154 Å². The summed E-state index contributed by atoms with van der Waals surface area (Å²) >= 11 is 0. The van der Waals surface area contributed by atoms with E-state index in [4.69, 9.17) is 4.74 Å². The molecule has 1 saturated heterocycles. The molecule has 1 heterocycles. The molecule has 1 aliphatic rings. The van der Waals surface area contributed by atoms with Crippen LogP contribution in [0.15, 0.2) is 30.3 Å². The van der Waals surface area contributed by atoms with Crippen molar-refractivity contribution in [3.63, 3.8) is 0 Å². The Balaban J connectivity index is 1.59. The molecule has 1 N–H and O–H groups in total. The third kappa shape index (κ3) is 7.25. The van der Waals surface area contributed by atoms with Gasteiger partial charge in [0.25, 0.3) is 0 Å². The smallest absolute Gasteiger partial charge is 0.222 e.